The van der Waals surface area contributed by atoms with Crippen molar-refractivity contribution >= 4 is 16.8 Å². The van der Waals surface area contributed by atoms with Crippen LogP contribution in [0.2, 0.25) is 0 Å². The van der Waals surface area contributed by atoms with Crippen LogP contribution in [0.3, 0.4) is 0 Å². The third-order valence-corrected chi connectivity index (χ3v) is 2.44. The number of alkyl halides is 1. The van der Waals surface area contributed by atoms with Crippen LogP contribution >= 0.6 is 11.6 Å². The summed E-state index contributed by atoms with van der Waals surface area (Å²) in [4.78, 5) is 10.6. The van der Waals surface area contributed by atoms with Gasteiger partial charge in [-0.2, -0.15) is 0 Å². The molecule has 0 saturated carbocycles. The van der Waals surface area contributed by atoms with E-state index in [1.54, 1.807) is 18.2 Å². The Bertz CT molecular complexity index is 468. The van der Waals surface area contributed by atoms with E-state index in [4.69, 9.17) is 27.5 Å². The molecule has 0 aliphatic rings. The molecule has 96 valence electrons. The van der Waals surface area contributed by atoms with Gasteiger partial charge in [0.1, 0.15) is 6.61 Å². The first-order valence-electron chi connectivity index (χ1n) is 5.15. The van der Waals surface area contributed by atoms with Crippen LogP contribution in [0.15, 0.2) is 18.2 Å². The third kappa shape index (κ3) is 3.94. The molecular formula is C13H12ClFO3. The van der Waals surface area contributed by atoms with Gasteiger partial charge < -0.3 is 9.47 Å². The van der Waals surface area contributed by atoms with E-state index in [0.717, 1.165) is 0 Å². The molecule has 1 aromatic carbocycles. The highest BCUT2D eigenvalue weighted by molar-refractivity contribution is 6.64. The maximum Gasteiger partial charge on any atom is 0.256 e. The first-order chi connectivity index (χ1) is 8.58. The Labute approximate surface area is 110 Å². The lowest BCUT2D eigenvalue weighted by Gasteiger charge is -2.11. The fourth-order valence-electron chi connectivity index (χ4n) is 1.36. The van der Waals surface area contributed by atoms with Crippen LogP contribution in [0.4, 0.5) is 4.39 Å². The van der Waals surface area contributed by atoms with Crippen molar-refractivity contribution in [2.45, 2.75) is 12.6 Å². The average Bonchev–Trinajstić information content (AvgIpc) is 2.36. The van der Waals surface area contributed by atoms with E-state index in [2.05, 4.69) is 5.92 Å². The van der Waals surface area contributed by atoms with Crippen molar-refractivity contribution in [1.82, 2.24) is 0 Å². The second-order valence-corrected chi connectivity index (χ2v) is 3.83. The molecule has 1 atom stereocenters. The summed E-state index contributed by atoms with van der Waals surface area (Å²) in [6.07, 6.45) is 3.25. The molecule has 1 aromatic rings. The lowest BCUT2D eigenvalue weighted by molar-refractivity contribution is -0.115. The Balaban J connectivity index is 2.85. The molecule has 0 bridgehead atoms. The van der Waals surface area contributed by atoms with Crippen molar-refractivity contribution in [2.24, 2.45) is 0 Å². The standard InChI is InChI=1S/C13H12ClFO3/c1-3-6-18-11-5-4-9(8-12(11)17-2)7-10(15)13(14)16/h1,4-5,8,10H,6-7H2,2H3. The lowest BCUT2D eigenvalue weighted by atomic mass is 10.1. The predicted octanol–water partition coefficient (Wildman–Crippen LogP) is 2.35. The van der Waals surface area contributed by atoms with Gasteiger partial charge in [-0.15, -0.1) is 6.42 Å². The summed E-state index contributed by atoms with van der Waals surface area (Å²) in [6.45, 7) is 0.113. The van der Waals surface area contributed by atoms with Crippen molar-refractivity contribution in [3.05, 3.63) is 23.8 Å². The Morgan fingerprint density at radius 2 is 2.28 bits per heavy atom. The van der Waals surface area contributed by atoms with Crippen molar-refractivity contribution < 1.29 is 18.7 Å². The maximum absolute atomic E-state index is 13.2. The van der Waals surface area contributed by atoms with Crippen molar-refractivity contribution in [3.63, 3.8) is 0 Å². The van der Waals surface area contributed by atoms with Gasteiger partial charge >= 0.3 is 0 Å². The number of terminal acetylenes is 1. The van der Waals surface area contributed by atoms with Crippen LogP contribution in [-0.4, -0.2) is 25.1 Å². The van der Waals surface area contributed by atoms with Gasteiger partial charge in [-0.3, -0.25) is 4.79 Å². The molecule has 0 aromatic heterocycles. The van der Waals surface area contributed by atoms with Gasteiger partial charge in [0.05, 0.1) is 7.11 Å². The molecule has 0 radical (unpaired) electrons. The number of hydrogen-bond donors (Lipinski definition) is 0. The summed E-state index contributed by atoms with van der Waals surface area (Å²) < 4.78 is 23.5. The van der Waals surface area contributed by atoms with Crippen LogP contribution in [0.25, 0.3) is 0 Å². The Hall–Kier alpha value is -1.73. The van der Waals surface area contributed by atoms with Crippen LogP contribution in [-0.2, 0) is 11.2 Å². The molecular weight excluding hydrogens is 259 g/mol. The van der Waals surface area contributed by atoms with E-state index >= 15 is 0 Å². The van der Waals surface area contributed by atoms with Crippen molar-refractivity contribution in [1.29, 1.82) is 0 Å². The van der Waals surface area contributed by atoms with Gasteiger partial charge in [-0.25, -0.2) is 4.39 Å². The Kier molecular flexibility index (Phi) is 5.47. The Morgan fingerprint density at radius 1 is 1.56 bits per heavy atom. The summed E-state index contributed by atoms with van der Waals surface area (Å²) in [5.74, 6) is 3.22. The molecule has 3 nitrogen and oxygen atoms in total. The first-order valence-corrected chi connectivity index (χ1v) is 5.53. The van der Waals surface area contributed by atoms with Crippen LogP contribution in [0.5, 0.6) is 11.5 Å². The Morgan fingerprint density at radius 3 is 2.83 bits per heavy atom. The van der Waals surface area contributed by atoms with Crippen LogP contribution < -0.4 is 9.47 Å². The molecule has 5 heteroatoms. The monoisotopic (exact) mass is 270 g/mol. The van der Waals surface area contributed by atoms with E-state index in [9.17, 15) is 9.18 Å². The quantitative estimate of drug-likeness (QED) is 0.588. The zero-order chi connectivity index (χ0) is 13.5. The molecule has 0 fully saturated rings. The van der Waals surface area contributed by atoms with Gasteiger partial charge in [0.25, 0.3) is 5.24 Å². The van der Waals surface area contributed by atoms with Gasteiger partial charge in [0.15, 0.2) is 17.7 Å². The van der Waals surface area contributed by atoms with Gasteiger partial charge in [-0.1, -0.05) is 12.0 Å². The van der Waals surface area contributed by atoms with E-state index < -0.39 is 11.4 Å². The number of methoxy groups -OCH3 is 1. The van der Waals surface area contributed by atoms with Gasteiger partial charge in [0, 0.05) is 6.42 Å². The second-order valence-electron chi connectivity index (χ2n) is 3.45. The zero-order valence-electron chi connectivity index (χ0n) is 9.78. The fourth-order valence-corrected chi connectivity index (χ4v) is 1.44. The molecule has 0 aliphatic heterocycles. The minimum absolute atomic E-state index is 0.103. The van der Waals surface area contributed by atoms with E-state index in [1.165, 1.54) is 7.11 Å². The highest BCUT2D eigenvalue weighted by atomic mass is 35.5. The minimum atomic E-state index is -1.73. The maximum atomic E-state index is 13.2. The van der Waals surface area contributed by atoms with Crippen LogP contribution in [0.1, 0.15) is 5.56 Å². The number of halogens is 2. The molecule has 1 rings (SSSR count). The normalized spacial score (nSPS) is 11.4. The summed E-state index contributed by atoms with van der Waals surface area (Å²) in [7, 11) is 1.46. The molecule has 0 heterocycles. The topological polar surface area (TPSA) is 35.5 Å². The van der Waals surface area contributed by atoms with Crippen molar-refractivity contribution in [3.8, 4) is 23.8 Å². The molecule has 0 spiro atoms. The average molecular weight is 271 g/mol. The van der Waals surface area contributed by atoms with Gasteiger partial charge in [0.2, 0.25) is 0 Å². The number of carbonyl (C=O) groups is 1. The SMILES string of the molecule is C#CCOc1ccc(CC(F)C(=O)Cl)cc1OC. The number of ether oxygens (including phenoxy) is 2. The van der Waals surface area contributed by atoms with E-state index in [0.29, 0.717) is 17.1 Å². The van der Waals surface area contributed by atoms with E-state index in [1.807, 2.05) is 0 Å². The molecule has 18 heavy (non-hydrogen) atoms. The molecule has 0 amide bonds. The minimum Gasteiger partial charge on any atom is -0.493 e. The van der Waals surface area contributed by atoms with E-state index in [-0.39, 0.29) is 13.0 Å². The molecule has 0 saturated heterocycles. The molecule has 0 N–H and O–H groups in total. The third-order valence-electron chi connectivity index (χ3n) is 2.20. The highest BCUT2D eigenvalue weighted by Crippen LogP contribution is 2.28. The zero-order valence-corrected chi connectivity index (χ0v) is 10.5. The summed E-state index contributed by atoms with van der Waals surface area (Å²) in [6, 6.07) is 4.82. The molecule has 0 aliphatic carbocycles. The number of hydrogen-bond acceptors (Lipinski definition) is 3. The first kappa shape index (κ1) is 14.3. The number of carbonyl (C=O) groups excluding carboxylic acids is 1. The summed E-state index contributed by atoms with van der Waals surface area (Å²) in [5, 5.41) is -1.01. The highest BCUT2D eigenvalue weighted by Gasteiger charge is 2.16. The number of rotatable bonds is 6. The van der Waals surface area contributed by atoms with Crippen LogP contribution in [0, 0.1) is 12.3 Å². The second kappa shape index (κ2) is 6.87. The smallest absolute Gasteiger partial charge is 0.256 e. The summed E-state index contributed by atoms with van der Waals surface area (Å²) >= 11 is 5.06. The summed E-state index contributed by atoms with van der Waals surface area (Å²) in [5.41, 5.74) is 0.585. The fraction of sp³-hybridized carbons (Fsp3) is 0.308. The van der Waals surface area contributed by atoms with Gasteiger partial charge in [-0.05, 0) is 29.3 Å². The largest absolute Gasteiger partial charge is 0.493 e. The van der Waals surface area contributed by atoms with Crippen molar-refractivity contribution in [2.75, 3.05) is 13.7 Å². The lowest BCUT2D eigenvalue weighted by Crippen LogP contribution is -2.12. The number of benzene rings is 1. The molecule has 1 unspecified atom stereocenters. The predicted molar refractivity (Wildman–Crippen MR) is 66.8 cm³/mol.